The zero-order chi connectivity index (χ0) is 13.1. The summed E-state index contributed by atoms with van der Waals surface area (Å²) in [4.78, 5) is 11.8. The average Bonchev–Trinajstić information content (AvgIpc) is 3.15. The molecule has 1 fully saturated rings. The topological polar surface area (TPSA) is 52.9 Å². The Morgan fingerprint density at radius 3 is 2.89 bits per heavy atom. The average molecular weight is 307 g/mol. The normalized spacial score (nSPS) is 15.8. The van der Waals surface area contributed by atoms with Gasteiger partial charge in [-0.25, -0.2) is 0 Å². The van der Waals surface area contributed by atoms with Crippen molar-refractivity contribution >= 4 is 21.8 Å². The smallest absolute Gasteiger partial charge is 0.225 e. The van der Waals surface area contributed by atoms with Gasteiger partial charge >= 0.3 is 0 Å². The summed E-state index contributed by atoms with van der Waals surface area (Å²) in [5.41, 5.74) is 2.10. The number of rotatable bonds is 4. The molecule has 0 aliphatic heterocycles. The lowest BCUT2D eigenvalue weighted by molar-refractivity contribution is -0.120. The van der Waals surface area contributed by atoms with Crippen LogP contribution in [0.15, 0.2) is 22.7 Å². The first kappa shape index (κ1) is 13.1. The van der Waals surface area contributed by atoms with Gasteiger partial charge in [-0.3, -0.25) is 4.79 Å². The van der Waals surface area contributed by atoms with Crippen molar-refractivity contribution in [3.05, 3.63) is 33.8 Å². The second-order valence-electron chi connectivity index (χ2n) is 4.77. The summed E-state index contributed by atoms with van der Waals surface area (Å²) in [6.07, 6.45) is 2.42. The van der Waals surface area contributed by atoms with E-state index in [-0.39, 0.29) is 11.9 Å². The van der Waals surface area contributed by atoms with Crippen molar-refractivity contribution in [1.82, 2.24) is 5.32 Å². The van der Waals surface area contributed by atoms with Crippen molar-refractivity contribution < 1.29 is 4.79 Å². The summed E-state index contributed by atoms with van der Waals surface area (Å²) in [7, 11) is 0. The van der Waals surface area contributed by atoms with Crippen LogP contribution in [0.25, 0.3) is 0 Å². The predicted octanol–water partition coefficient (Wildman–Crippen LogP) is 2.72. The van der Waals surface area contributed by atoms with Crippen LogP contribution in [0.1, 0.15) is 24.0 Å². The maximum atomic E-state index is 11.8. The molecule has 0 radical (unpaired) electrons. The van der Waals surface area contributed by atoms with Crippen molar-refractivity contribution in [2.45, 2.75) is 32.2 Å². The lowest BCUT2D eigenvalue weighted by Crippen LogP contribution is -2.36. The third-order valence-electron chi connectivity index (χ3n) is 3.15. The van der Waals surface area contributed by atoms with Gasteiger partial charge in [-0.15, -0.1) is 0 Å². The van der Waals surface area contributed by atoms with Crippen LogP contribution in [0.3, 0.4) is 0 Å². The fourth-order valence-corrected chi connectivity index (χ4v) is 2.27. The van der Waals surface area contributed by atoms with Gasteiger partial charge in [-0.1, -0.05) is 28.1 Å². The maximum absolute atomic E-state index is 11.8. The molecule has 1 aliphatic rings. The fourth-order valence-electron chi connectivity index (χ4n) is 1.84. The molecule has 1 amide bonds. The van der Waals surface area contributed by atoms with Gasteiger partial charge < -0.3 is 5.32 Å². The largest absolute Gasteiger partial charge is 0.340 e. The second-order valence-corrected chi connectivity index (χ2v) is 5.63. The number of nitriles is 1. The number of hydrogen-bond donors (Lipinski definition) is 1. The zero-order valence-electron chi connectivity index (χ0n) is 10.2. The van der Waals surface area contributed by atoms with E-state index in [1.165, 1.54) is 0 Å². The lowest BCUT2D eigenvalue weighted by Gasteiger charge is -2.10. The van der Waals surface area contributed by atoms with Crippen LogP contribution in [0.4, 0.5) is 0 Å². The number of nitrogens with one attached hydrogen (secondary N) is 1. The molecular formula is C14H15BrN2O. The molecule has 18 heavy (non-hydrogen) atoms. The lowest BCUT2D eigenvalue weighted by atomic mass is 10.1. The molecule has 4 heteroatoms. The highest BCUT2D eigenvalue weighted by Crippen LogP contribution is 2.32. The molecule has 1 N–H and O–H groups in total. The molecule has 1 aromatic rings. The van der Waals surface area contributed by atoms with E-state index >= 15 is 0 Å². The minimum Gasteiger partial charge on any atom is -0.340 e. The van der Waals surface area contributed by atoms with Crippen LogP contribution >= 0.6 is 15.9 Å². The first-order valence-corrected chi connectivity index (χ1v) is 6.83. The predicted molar refractivity (Wildman–Crippen MR) is 72.9 cm³/mol. The van der Waals surface area contributed by atoms with Crippen LogP contribution in [0.2, 0.25) is 0 Å². The maximum Gasteiger partial charge on any atom is 0.225 e. The minimum atomic E-state index is -0.314. The van der Waals surface area contributed by atoms with E-state index in [1.807, 2.05) is 25.1 Å². The first-order valence-electron chi connectivity index (χ1n) is 6.04. The summed E-state index contributed by atoms with van der Waals surface area (Å²) >= 11 is 3.45. The van der Waals surface area contributed by atoms with Crippen LogP contribution in [0, 0.1) is 24.2 Å². The third kappa shape index (κ3) is 3.33. The number of halogens is 1. The van der Waals surface area contributed by atoms with Crippen molar-refractivity contribution in [3.63, 3.8) is 0 Å². The van der Waals surface area contributed by atoms with Crippen LogP contribution in [-0.4, -0.2) is 11.9 Å². The molecule has 2 rings (SSSR count). The highest BCUT2D eigenvalue weighted by molar-refractivity contribution is 9.10. The van der Waals surface area contributed by atoms with E-state index in [0.717, 1.165) is 28.4 Å². The van der Waals surface area contributed by atoms with Gasteiger partial charge in [0.25, 0.3) is 0 Å². The third-order valence-corrected chi connectivity index (χ3v) is 4.00. The highest BCUT2D eigenvalue weighted by atomic mass is 79.9. The van der Waals surface area contributed by atoms with Crippen LogP contribution in [0.5, 0.6) is 0 Å². The summed E-state index contributed by atoms with van der Waals surface area (Å²) in [5.74, 6) is 0.285. The molecule has 94 valence electrons. The monoisotopic (exact) mass is 306 g/mol. The SMILES string of the molecule is Cc1ccc(CC(=O)N[C@H](C#N)C2CC2)cc1Br. The van der Waals surface area contributed by atoms with Gasteiger partial charge in [0.1, 0.15) is 6.04 Å². The second kappa shape index (κ2) is 5.53. The molecule has 0 bridgehead atoms. The first-order chi connectivity index (χ1) is 8.60. The van der Waals surface area contributed by atoms with Gasteiger partial charge in [-0.2, -0.15) is 5.26 Å². The number of hydrogen-bond acceptors (Lipinski definition) is 2. The quantitative estimate of drug-likeness (QED) is 0.930. The minimum absolute atomic E-state index is 0.0794. The molecule has 0 unspecified atom stereocenters. The molecule has 1 aliphatic carbocycles. The van der Waals surface area contributed by atoms with Gasteiger partial charge in [0.2, 0.25) is 5.91 Å². The van der Waals surface area contributed by atoms with E-state index in [0.29, 0.717) is 12.3 Å². The molecule has 3 nitrogen and oxygen atoms in total. The zero-order valence-corrected chi connectivity index (χ0v) is 11.8. The summed E-state index contributed by atoms with van der Waals surface area (Å²) < 4.78 is 1.01. The Balaban J connectivity index is 1.94. The van der Waals surface area contributed by atoms with Crippen molar-refractivity contribution in [1.29, 1.82) is 5.26 Å². The molecular weight excluding hydrogens is 292 g/mol. The number of nitrogens with zero attached hydrogens (tertiary/aromatic N) is 1. The molecule has 1 aromatic carbocycles. The van der Waals surface area contributed by atoms with Gasteiger partial charge in [0.05, 0.1) is 12.5 Å². The molecule has 1 atom stereocenters. The van der Waals surface area contributed by atoms with Gasteiger partial charge in [-0.05, 0) is 42.9 Å². The Hall–Kier alpha value is -1.34. The van der Waals surface area contributed by atoms with Crippen molar-refractivity contribution in [2.75, 3.05) is 0 Å². The Morgan fingerprint density at radius 1 is 1.61 bits per heavy atom. The van der Waals surface area contributed by atoms with Gasteiger partial charge in [0, 0.05) is 4.47 Å². The number of aryl methyl sites for hydroxylation is 1. The summed E-state index contributed by atoms with van der Waals surface area (Å²) in [6, 6.07) is 7.72. The Kier molecular flexibility index (Phi) is 4.03. The fraction of sp³-hybridized carbons (Fsp3) is 0.429. The standard InChI is InChI=1S/C14H15BrN2O/c1-9-2-3-10(6-12(9)15)7-14(18)17-13(8-16)11-4-5-11/h2-3,6,11,13H,4-5,7H2,1H3,(H,17,18)/t13-/m1/s1. The van der Waals surface area contributed by atoms with Crippen molar-refractivity contribution in [2.24, 2.45) is 5.92 Å². The molecule has 0 spiro atoms. The Morgan fingerprint density at radius 2 is 2.33 bits per heavy atom. The Bertz CT molecular complexity index is 503. The summed E-state index contributed by atoms with van der Waals surface area (Å²) in [6.45, 7) is 2.01. The van der Waals surface area contributed by atoms with Crippen LogP contribution in [-0.2, 0) is 11.2 Å². The molecule has 0 aromatic heterocycles. The van der Waals surface area contributed by atoms with Gasteiger partial charge in [0.15, 0.2) is 0 Å². The van der Waals surface area contributed by atoms with E-state index in [2.05, 4.69) is 27.3 Å². The van der Waals surface area contributed by atoms with Crippen LogP contribution < -0.4 is 5.32 Å². The van der Waals surface area contributed by atoms with E-state index < -0.39 is 0 Å². The highest BCUT2D eigenvalue weighted by Gasteiger charge is 2.32. The Labute approximate surface area is 115 Å². The van der Waals surface area contributed by atoms with E-state index in [9.17, 15) is 4.79 Å². The molecule has 0 saturated heterocycles. The van der Waals surface area contributed by atoms with E-state index in [1.54, 1.807) is 0 Å². The molecule has 1 saturated carbocycles. The van der Waals surface area contributed by atoms with E-state index in [4.69, 9.17) is 5.26 Å². The number of benzene rings is 1. The number of amides is 1. The number of carbonyl (C=O) groups is 1. The van der Waals surface area contributed by atoms with Crippen molar-refractivity contribution in [3.8, 4) is 6.07 Å². The summed E-state index contributed by atoms with van der Waals surface area (Å²) in [5, 5.41) is 11.8. The molecule has 0 heterocycles. The number of carbonyl (C=O) groups excluding carboxylic acids is 1.